The van der Waals surface area contributed by atoms with Gasteiger partial charge < -0.3 is 39.0 Å². The lowest BCUT2D eigenvalue weighted by Crippen LogP contribution is -2.61. The highest BCUT2D eigenvalue weighted by atomic mass is 16.7. The third-order valence-corrected chi connectivity index (χ3v) is 15.4. The summed E-state index contributed by atoms with van der Waals surface area (Å²) in [5, 5.41) is 31.6. The van der Waals surface area contributed by atoms with Crippen molar-refractivity contribution in [2.24, 2.45) is 0 Å². The van der Waals surface area contributed by atoms with Gasteiger partial charge in [-0.25, -0.2) is 4.79 Å². The quantitative estimate of drug-likeness (QED) is 0.0228. The van der Waals surface area contributed by atoms with Gasteiger partial charge in [-0.15, -0.1) is 0 Å². The van der Waals surface area contributed by atoms with Crippen molar-refractivity contribution in [2.45, 2.75) is 353 Å². The van der Waals surface area contributed by atoms with Crippen LogP contribution in [0.1, 0.15) is 316 Å². The van der Waals surface area contributed by atoms with E-state index in [1.807, 2.05) is 0 Å². The van der Waals surface area contributed by atoms with E-state index in [2.05, 4.69) is 69.4 Å². The van der Waals surface area contributed by atoms with Crippen LogP contribution in [0.5, 0.6) is 0 Å². The third-order valence-electron chi connectivity index (χ3n) is 15.4. The zero-order valence-corrected chi connectivity index (χ0v) is 52.0. The van der Waals surface area contributed by atoms with E-state index < -0.39 is 67.3 Å². The minimum absolute atomic E-state index is 0.0634. The number of ether oxygens (including phenoxy) is 5. The average Bonchev–Trinajstić information content (AvgIpc) is 3.53. The van der Waals surface area contributed by atoms with Crippen LogP contribution in [0, 0.1) is 0 Å². The molecule has 0 bridgehead atoms. The van der Waals surface area contributed by atoms with Crippen LogP contribution in [0.4, 0.5) is 0 Å². The first kappa shape index (κ1) is 75.7. The highest BCUT2D eigenvalue weighted by molar-refractivity contribution is 5.74. The van der Waals surface area contributed by atoms with Gasteiger partial charge in [0.1, 0.15) is 18.8 Å². The number of carboxylic acid groups (broad SMARTS) is 1. The maximum Gasteiger partial charge on any atom is 0.335 e. The molecule has 0 aromatic carbocycles. The molecule has 0 radical (unpaired) electrons. The second-order valence-corrected chi connectivity index (χ2v) is 23.1. The van der Waals surface area contributed by atoms with Gasteiger partial charge in [-0.2, -0.15) is 0 Å². The van der Waals surface area contributed by atoms with Crippen LogP contribution in [-0.4, -0.2) is 89.2 Å². The molecular formula is C69H122O12. The van der Waals surface area contributed by atoms with Crippen molar-refractivity contribution in [1.29, 1.82) is 0 Å². The molecule has 0 aromatic rings. The highest BCUT2D eigenvalue weighted by Crippen LogP contribution is 2.27. The molecule has 0 aliphatic carbocycles. The van der Waals surface area contributed by atoms with Gasteiger partial charge in [0.15, 0.2) is 24.6 Å². The Hall–Kier alpha value is -3.32. The Morgan fingerprint density at radius 1 is 0.407 bits per heavy atom. The number of carbonyl (C=O) groups is 4. The summed E-state index contributed by atoms with van der Waals surface area (Å²) in [5.74, 6) is -3.11. The van der Waals surface area contributed by atoms with Gasteiger partial charge in [0.25, 0.3) is 0 Å². The summed E-state index contributed by atoms with van der Waals surface area (Å²) in [6, 6.07) is 0. The summed E-state index contributed by atoms with van der Waals surface area (Å²) in [7, 11) is 0. The van der Waals surface area contributed by atoms with E-state index in [4.69, 9.17) is 23.7 Å². The van der Waals surface area contributed by atoms with Crippen LogP contribution in [-0.2, 0) is 42.9 Å². The molecule has 3 N–H and O–H groups in total. The van der Waals surface area contributed by atoms with Crippen LogP contribution in [0.25, 0.3) is 0 Å². The van der Waals surface area contributed by atoms with Crippen LogP contribution in [0.3, 0.4) is 0 Å². The molecule has 6 atom stereocenters. The maximum absolute atomic E-state index is 13.2. The maximum atomic E-state index is 13.2. The number of hydrogen-bond acceptors (Lipinski definition) is 11. The second-order valence-electron chi connectivity index (χ2n) is 23.1. The molecule has 0 spiro atoms. The van der Waals surface area contributed by atoms with Crippen LogP contribution in [0.2, 0.25) is 0 Å². The summed E-state index contributed by atoms with van der Waals surface area (Å²) >= 11 is 0. The molecule has 1 saturated heterocycles. The lowest BCUT2D eigenvalue weighted by atomic mass is 9.98. The molecule has 0 amide bonds. The second kappa shape index (κ2) is 57.1. The van der Waals surface area contributed by atoms with Gasteiger partial charge in [0, 0.05) is 19.3 Å². The molecule has 1 fully saturated rings. The predicted octanol–water partition coefficient (Wildman–Crippen LogP) is 18.1. The lowest BCUT2D eigenvalue weighted by Gasteiger charge is -2.40. The molecule has 1 rings (SSSR count). The Balaban J connectivity index is 2.65. The van der Waals surface area contributed by atoms with Gasteiger partial charge in [0.05, 0.1) is 6.61 Å². The smallest absolute Gasteiger partial charge is 0.335 e. The number of carbonyl (C=O) groups excluding carboxylic acids is 3. The van der Waals surface area contributed by atoms with E-state index in [1.54, 1.807) is 0 Å². The summed E-state index contributed by atoms with van der Waals surface area (Å²) in [5.41, 5.74) is 0. The van der Waals surface area contributed by atoms with Crippen molar-refractivity contribution in [2.75, 3.05) is 13.2 Å². The fraction of sp³-hybridized carbons (Fsp3) is 0.826. The predicted molar refractivity (Wildman–Crippen MR) is 331 cm³/mol. The third kappa shape index (κ3) is 46.7. The number of carboxylic acids is 1. The Bertz CT molecular complexity index is 1590. The number of hydrogen-bond donors (Lipinski definition) is 3. The van der Waals surface area contributed by atoms with Gasteiger partial charge in [0.2, 0.25) is 0 Å². The minimum atomic E-state index is -1.90. The first-order chi connectivity index (χ1) is 39.6. The normalized spacial score (nSPS) is 18.0. The van der Waals surface area contributed by atoms with E-state index >= 15 is 0 Å². The zero-order valence-electron chi connectivity index (χ0n) is 52.0. The highest BCUT2D eigenvalue weighted by Gasteiger charge is 2.50. The summed E-state index contributed by atoms with van der Waals surface area (Å²) in [6.07, 6.45) is 57.7. The van der Waals surface area contributed by atoms with Crippen LogP contribution in [0.15, 0.2) is 48.6 Å². The molecule has 81 heavy (non-hydrogen) atoms. The standard InChI is InChI=1S/C69H122O12/c1-4-7-10-13-16-19-22-25-28-31-34-37-40-43-46-49-52-55-61(70)77-58-60(79-62(71)56-53-50-47-44-41-38-35-32-29-26-23-20-17-14-11-8-5-2)59-78-69-67(65(74)64(73)66(81-69)68(75)76)80-63(72)57-54-51-48-45-42-39-36-33-30-27-24-21-18-15-12-9-6-3/h16-17,19-20,25-26,28-29,60,64-67,69,73-74H,4-15,18,21-24,27,30-59H2,1-3H3,(H,75,76)/b19-16-,20-17-,28-25-,29-26-. The molecule has 0 aromatic heterocycles. The van der Waals surface area contributed by atoms with E-state index in [0.29, 0.717) is 19.3 Å². The fourth-order valence-corrected chi connectivity index (χ4v) is 10.2. The van der Waals surface area contributed by atoms with E-state index in [9.17, 15) is 34.5 Å². The molecule has 1 aliphatic rings. The molecule has 12 heteroatoms. The number of aliphatic carboxylic acids is 1. The monoisotopic (exact) mass is 1140 g/mol. The van der Waals surface area contributed by atoms with Gasteiger partial charge >= 0.3 is 23.9 Å². The van der Waals surface area contributed by atoms with Crippen molar-refractivity contribution in [3.05, 3.63) is 48.6 Å². The Morgan fingerprint density at radius 3 is 1.14 bits per heavy atom. The van der Waals surface area contributed by atoms with Gasteiger partial charge in [-0.3, -0.25) is 14.4 Å². The summed E-state index contributed by atoms with van der Waals surface area (Å²) in [4.78, 5) is 51.4. The van der Waals surface area contributed by atoms with E-state index in [0.717, 1.165) is 96.3 Å². The topological polar surface area (TPSA) is 175 Å². The SMILES string of the molecule is CCCCC/C=C\C/C=C\CCCCCCCCCC(=O)OCC(COC1OC(C(=O)O)C(O)C(O)C1OC(=O)CCCCCCCCCCCCCCCCCCC)OC(=O)CCCCCCCCC/C=C\C/C=C\CCCCC. The zero-order chi connectivity index (χ0) is 58.9. The molecule has 6 unspecified atom stereocenters. The summed E-state index contributed by atoms with van der Waals surface area (Å²) < 4.78 is 28.6. The number of rotatable bonds is 58. The van der Waals surface area contributed by atoms with Crippen molar-refractivity contribution in [3.8, 4) is 0 Å². The van der Waals surface area contributed by atoms with E-state index in [1.165, 1.54) is 161 Å². The molecule has 1 heterocycles. The minimum Gasteiger partial charge on any atom is -0.479 e. The average molecular weight is 1140 g/mol. The number of aliphatic hydroxyl groups is 2. The lowest BCUT2D eigenvalue weighted by molar-refractivity contribution is -0.301. The van der Waals surface area contributed by atoms with Crippen LogP contribution < -0.4 is 0 Å². The van der Waals surface area contributed by atoms with Crippen molar-refractivity contribution in [3.63, 3.8) is 0 Å². The number of allylic oxidation sites excluding steroid dienone is 8. The van der Waals surface area contributed by atoms with Gasteiger partial charge in [-0.1, -0.05) is 262 Å². The Morgan fingerprint density at radius 2 is 0.741 bits per heavy atom. The molecule has 1 aliphatic heterocycles. The number of esters is 3. The Kier molecular flexibility index (Phi) is 53.4. The number of unbranched alkanes of at least 4 members (excludes halogenated alkanes) is 36. The van der Waals surface area contributed by atoms with Gasteiger partial charge in [-0.05, 0) is 83.5 Å². The first-order valence-corrected chi connectivity index (χ1v) is 33.6. The van der Waals surface area contributed by atoms with E-state index in [-0.39, 0.29) is 25.9 Å². The Labute approximate surface area is 494 Å². The van der Waals surface area contributed by atoms with Crippen LogP contribution >= 0.6 is 0 Å². The molecule has 470 valence electrons. The fourth-order valence-electron chi connectivity index (χ4n) is 10.2. The van der Waals surface area contributed by atoms with Crippen molar-refractivity contribution >= 4 is 23.9 Å². The molecule has 0 saturated carbocycles. The van der Waals surface area contributed by atoms with Crippen molar-refractivity contribution < 1.29 is 58.2 Å². The molecular weight excluding hydrogens is 1020 g/mol. The van der Waals surface area contributed by atoms with Crippen molar-refractivity contribution in [1.82, 2.24) is 0 Å². The number of aliphatic hydroxyl groups excluding tert-OH is 2. The summed E-state index contributed by atoms with van der Waals surface area (Å²) in [6.45, 7) is 5.98. The first-order valence-electron chi connectivity index (χ1n) is 33.6. The molecule has 12 nitrogen and oxygen atoms in total. The largest absolute Gasteiger partial charge is 0.479 e.